The molecule has 1 aromatic carbocycles. The topological polar surface area (TPSA) is 0 Å². The highest BCUT2D eigenvalue weighted by Crippen LogP contribution is 2.23. The fraction of sp³-hybridized carbons (Fsp3) is 0.222. The lowest BCUT2D eigenvalue weighted by molar-refractivity contribution is 0.605. The first kappa shape index (κ1) is 8.54. The molecule has 0 saturated carbocycles. The fourth-order valence-corrected chi connectivity index (χ4v) is 1.08. The molecule has 0 spiro atoms. The Kier molecular flexibility index (Phi) is 2.50. The maximum atomic E-state index is 13.1. The van der Waals surface area contributed by atoms with Crippen LogP contribution in [0.4, 0.5) is 4.39 Å². The predicted molar refractivity (Wildman–Crippen MR) is 45.2 cm³/mol. The van der Waals surface area contributed by atoms with E-state index in [4.69, 9.17) is 11.6 Å². The summed E-state index contributed by atoms with van der Waals surface area (Å²) in [6, 6.07) is 4.95. The van der Waals surface area contributed by atoms with Gasteiger partial charge in [0, 0.05) is 0 Å². The summed E-state index contributed by atoms with van der Waals surface area (Å²) in [5.41, 5.74) is 0.567. The number of hydrogen-bond acceptors (Lipinski definition) is 0. The van der Waals surface area contributed by atoms with Crippen molar-refractivity contribution in [2.75, 3.05) is 0 Å². The third-order valence-electron chi connectivity index (χ3n) is 1.51. The average Bonchev–Trinajstić information content (AvgIpc) is 1.94. The molecule has 0 heterocycles. The normalized spacial score (nSPS) is 10.6. The summed E-state index contributed by atoms with van der Waals surface area (Å²) in [5.74, 6) is -0.412. The minimum absolute atomic E-state index is 0.0614. The van der Waals surface area contributed by atoms with Gasteiger partial charge in [-0.2, -0.15) is 0 Å². The molecule has 0 aromatic heterocycles. The van der Waals surface area contributed by atoms with E-state index in [1.165, 1.54) is 6.07 Å². The van der Waals surface area contributed by atoms with E-state index < -0.39 is 0 Å². The second kappa shape index (κ2) is 3.22. The fourth-order valence-electron chi connectivity index (χ4n) is 0.901. The predicted octanol–water partition coefficient (Wildman–Crippen LogP) is 3.42. The monoisotopic (exact) mass is 171 g/mol. The first-order valence-corrected chi connectivity index (χ1v) is 3.77. The Morgan fingerprint density at radius 3 is 2.64 bits per heavy atom. The Morgan fingerprint density at radius 1 is 1.55 bits per heavy atom. The smallest absolute Gasteiger partial charge is 0.145 e. The zero-order chi connectivity index (χ0) is 8.43. The molecule has 0 amide bonds. The van der Waals surface area contributed by atoms with E-state index >= 15 is 0 Å². The summed E-state index contributed by atoms with van der Waals surface area (Å²) in [6.45, 7) is 5.54. The molecule has 0 aliphatic carbocycles. The van der Waals surface area contributed by atoms with E-state index in [-0.39, 0.29) is 16.8 Å². The van der Waals surface area contributed by atoms with Gasteiger partial charge in [-0.3, -0.25) is 0 Å². The lowest BCUT2D eigenvalue weighted by atomic mass is 10.0. The Morgan fingerprint density at radius 2 is 2.18 bits per heavy atom. The van der Waals surface area contributed by atoms with Crippen LogP contribution >= 0.6 is 11.6 Å². The van der Waals surface area contributed by atoms with Gasteiger partial charge >= 0.3 is 0 Å². The summed E-state index contributed by atoms with van der Waals surface area (Å²) in [4.78, 5) is 0. The molecule has 11 heavy (non-hydrogen) atoms. The van der Waals surface area contributed by atoms with Gasteiger partial charge in [-0.1, -0.05) is 30.7 Å². The Labute approximate surface area is 71.0 Å². The molecule has 0 saturated heterocycles. The van der Waals surface area contributed by atoms with Gasteiger partial charge in [0.1, 0.15) is 5.82 Å². The third-order valence-corrected chi connectivity index (χ3v) is 1.80. The summed E-state index contributed by atoms with van der Waals surface area (Å²) in [5, 5.41) is 0.165. The van der Waals surface area contributed by atoms with Crippen LogP contribution in [0.5, 0.6) is 0 Å². The maximum Gasteiger partial charge on any atom is 0.145 e. The van der Waals surface area contributed by atoms with Gasteiger partial charge in [0.2, 0.25) is 0 Å². The second-order valence-electron chi connectivity index (χ2n) is 2.54. The van der Waals surface area contributed by atoms with Crippen LogP contribution in [0.3, 0.4) is 0 Å². The molecule has 0 fully saturated rings. The molecule has 0 aliphatic rings. The Bertz CT molecular complexity index is 256. The second-order valence-corrected chi connectivity index (χ2v) is 2.95. The van der Waals surface area contributed by atoms with E-state index in [9.17, 15) is 4.39 Å². The number of benzene rings is 1. The van der Waals surface area contributed by atoms with Crippen molar-refractivity contribution in [2.45, 2.75) is 12.8 Å². The molecule has 1 radical (unpaired) electrons. The molecule has 2 heteroatoms. The molecule has 1 unspecified atom stereocenters. The molecule has 59 valence electrons. The molecule has 1 aromatic rings. The van der Waals surface area contributed by atoms with Crippen molar-refractivity contribution >= 4 is 11.6 Å². The largest absolute Gasteiger partial charge is 0.205 e. The molecule has 0 aliphatic heterocycles. The van der Waals surface area contributed by atoms with E-state index in [1.54, 1.807) is 12.1 Å². The van der Waals surface area contributed by atoms with Crippen LogP contribution < -0.4 is 0 Å². The molecular weight excluding hydrogens is 163 g/mol. The Hall–Kier alpha value is -0.560. The molecular formula is C9H9ClF. The van der Waals surface area contributed by atoms with Crippen molar-refractivity contribution in [3.63, 3.8) is 0 Å². The van der Waals surface area contributed by atoms with Gasteiger partial charge in [-0.15, -0.1) is 0 Å². The van der Waals surface area contributed by atoms with Crippen LogP contribution in [0.25, 0.3) is 0 Å². The minimum atomic E-state index is -0.350. The standard InChI is InChI=1S/C9H9ClF/c1-6(2)7-4-3-5-8(10)9(7)11/h3-6H,1H2,2H3. The van der Waals surface area contributed by atoms with Gasteiger partial charge in [-0.25, -0.2) is 4.39 Å². The average molecular weight is 172 g/mol. The van der Waals surface area contributed by atoms with Crippen molar-refractivity contribution in [2.24, 2.45) is 0 Å². The lowest BCUT2D eigenvalue weighted by Crippen LogP contribution is -1.92. The number of rotatable bonds is 1. The summed E-state index contributed by atoms with van der Waals surface area (Å²) in [7, 11) is 0. The van der Waals surface area contributed by atoms with E-state index in [1.807, 2.05) is 6.92 Å². The quantitative estimate of drug-likeness (QED) is 0.608. The molecule has 0 bridgehead atoms. The zero-order valence-electron chi connectivity index (χ0n) is 6.27. The van der Waals surface area contributed by atoms with Crippen molar-refractivity contribution in [1.82, 2.24) is 0 Å². The van der Waals surface area contributed by atoms with E-state index in [0.717, 1.165) is 0 Å². The van der Waals surface area contributed by atoms with Crippen molar-refractivity contribution in [3.8, 4) is 0 Å². The van der Waals surface area contributed by atoms with Gasteiger partial charge in [0.25, 0.3) is 0 Å². The highest BCUT2D eigenvalue weighted by molar-refractivity contribution is 6.30. The van der Waals surface area contributed by atoms with Gasteiger partial charge in [0.15, 0.2) is 0 Å². The summed E-state index contributed by atoms with van der Waals surface area (Å²) in [6.07, 6.45) is 0. The molecule has 1 rings (SSSR count). The van der Waals surface area contributed by atoms with Crippen LogP contribution in [0.2, 0.25) is 5.02 Å². The third kappa shape index (κ3) is 1.72. The first-order chi connectivity index (χ1) is 5.13. The van der Waals surface area contributed by atoms with Crippen LogP contribution in [0.1, 0.15) is 18.4 Å². The highest BCUT2D eigenvalue weighted by atomic mass is 35.5. The first-order valence-electron chi connectivity index (χ1n) is 3.40. The minimum Gasteiger partial charge on any atom is -0.205 e. The summed E-state index contributed by atoms with van der Waals surface area (Å²) >= 11 is 5.56. The Balaban J connectivity index is 3.17. The van der Waals surface area contributed by atoms with Crippen molar-refractivity contribution in [3.05, 3.63) is 41.5 Å². The summed E-state index contributed by atoms with van der Waals surface area (Å²) < 4.78 is 13.1. The zero-order valence-corrected chi connectivity index (χ0v) is 7.03. The van der Waals surface area contributed by atoms with Gasteiger partial charge < -0.3 is 0 Å². The van der Waals surface area contributed by atoms with Crippen LogP contribution in [-0.4, -0.2) is 0 Å². The van der Waals surface area contributed by atoms with Crippen molar-refractivity contribution in [1.29, 1.82) is 0 Å². The molecule has 1 atom stereocenters. The van der Waals surface area contributed by atoms with E-state index in [2.05, 4.69) is 6.92 Å². The lowest BCUT2D eigenvalue weighted by Gasteiger charge is -2.06. The van der Waals surface area contributed by atoms with Crippen LogP contribution in [0, 0.1) is 12.7 Å². The highest BCUT2D eigenvalue weighted by Gasteiger charge is 2.08. The van der Waals surface area contributed by atoms with E-state index in [0.29, 0.717) is 5.56 Å². The maximum absolute atomic E-state index is 13.1. The molecule has 0 nitrogen and oxygen atoms in total. The molecule has 0 N–H and O–H groups in total. The number of hydrogen-bond donors (Lipinski definition) is 0. The van der Waals surface area contributed by atoms with Crippen LogP contribution in [0.15, 0.2) is 18.2 Å². The van der Waals surface area contributed by atoms with Crippen molar-refractivity contribution < 1.29 is 4.39 Å². The van der Waals surface area contributed by atoms with Crippen LogP contribution in [-0.2, 0) is 0 Å². The van der Waals surface area contributed by atoms with Gasteiger partial charge in [-0.05, 0) is 24.5 Å². The van der Waals surface area contributed by atoms with Gasteiger partial charge in [0.05, 0.1) is 5.02 Å². The number of halogens is 2. The SMILES string of the molecule is [CH2]C(C)c1cccc(Cl)c1F.